The van der Waals surface area contributed by atoms with Gasteiger partial charge >= 0.3 is 0 Å². The summed E-state index contributed by atoms with van der Waals surface area (Å²) in [5.74, 6) is 0.774. The number of carbonyl (C=O) groups is 1. The predicted molar refractivity (Wildman–Crippen MR) is 136 cm³/mol. The fraction of sp³-hybridized carbons (Fsp3) is 0.222. The minimum Gasteiger partial charge on any atom is -0.374 e. The number of hydrogen-bond acceptors (Lipinski definition) is 6. The predicted octanol–water partition coefficient (Wildman–Crippen LogP) is 5.13. The van der Waals surface area contributed by atoms with E-state index in [1.54, 1.807) is 17.7 Å². The summed E-state index contributed by atoms with van der Waals surface area (Å²) in [7, 11) is 0. The van der Waals surface area contributed by atoms with Crippen LogP contribution >= 0.6 is 11.3 Å². The van der Waals surface area contributed by atoms with Gasteiger partial charge in [0.05, 0.1) is 31.2 Å². The molecule has 1 N–H and O–H groups in total. The second kappa shape index (κ2) is 10.2. The number of rotatable bonds is 8. The van der Waals surface area contributed by atoms with Crippen LogP contribution in [-0.4, -0.2) is 33.9 Å². The number of nitrogens with one attached hydrogen (secondary N) is 1. The molecule has 1 amide bonds. The normalized spacial score (nSPS) is 13.9. The minimum atomic E-state index is -0.0685. The molecule has 172 valence electrons. The van der Waals surface area contributed by atoms with Crippen LogP contribution in [0.5, 0.6) is 0 Å². The van der Waals surface area contributed by atoms with Crippen molar-refractivity contribution in [3.63, 3.8) is 0 Å². The average Bonchev–Trinajstić information content (AvgIpc) is 3.27. The van der Waals surface area contributed by atoms with Crippen LogP contribution in [0.1, 0.15) is 27.6 Å². The molecule has 0 bridgehead atoms. The van der Waals surface area contributed by atoms with E-state index in [1.165, 1.54) is 11.6 Å². The van der Waals surface area contributed by atoms with Gasteiger partial charge in [-0.15, -0.1) is 11.3 Å². The highest BCUT2D eigenvalue weighted by molar-refractivity contribution is 7.19. The summed E-state index contributed by atoms with van der Waals surface area (Å²) in [4.78, 5) is 25.2. The maximum Gasteiger partial charge on any atom is 0.246 e. The third kappa shape index (κ3) is 4.71. The van der Waals surface area contributed by atoms with Gasteiger partial charge in [0.2, 0.25) is 5.91 Å². The van der Waals surface area contributed by atoms with Crippen molar-refractivity contribution in [1.82, 2.24) is 14.9 Å². The Labute approximate surface area is 202 Å². The number of benzene rings is 2. The first kappa shape index (κ1) is 22.3. The molecule has 1 aliphatic rings. The molecular formula is C27H26N4O2S. The van der Waals surface area contributed by atoms with E-state index in [0.29, 0.717) is 26.3 Å². The fourth-order valence-electron chi connectivity index (χ4n) is 4.29. The number of nitrogens with zero attached hydrogens (tertiary/aromatic N) is 3. The Bertz CT molecular complexity index is 1290. The van der Waals surface area contributed by atoms with E-state index in [1.807, 2.05) is 41.3 Å². The van der Waals surface area contributed by atoms with E-state index in [2.05, 4.69) is 46.1 Å². The molecule has 0 fully saturated rings. The molecule has 34 heavy (non-hydrogen) atoms. The van der Waals surface area contributed by atoms with Gasteiger partial charge in [0.25, 0.3) is 0 Å². The third-order valence-electron chi connectivity index (χ3n) is 6.03. The summed E-state index contributed by atoms with van der Waals surface area (Å²) < 4.78 is 6.11. The number of carbonyl (C=O) groups excluding carboxylic acids is 1. The summed E-state index contributed by atoms with van der Waals surface area (Å²) in [6.07, 6.45) is 3.76. The molecule has 1 aliphatic heterocycles. The Morgan fingerprint density at radius 3 is 2.68 bits per heavy atom. The van der Waals surface area contributed by atoms with E-state index in [9.17, 15) is 4.79 Å². The Kier molecular flexibility index (Phi) is 6.65. The zero-order chi connectivity index (χ0) is 23.3. The van der Waals surface area contributed by atoms with Crippen LogP contribution in [0.2, 0.25) is 0 Å². The SMILES string of the molecule is C=CC(=O)N1CCc2c(sc3ncnc(N[C@H](COCc4ccccc4)c4ccccc4)c23)C1. The lowest BCUT2D eigenvalue weighted by Crippen LogP contribution is -2.34. The zero-order valence-corrected chi connectivity index (χ0v) is 19.6. The molecule has 7 heteroatoms. The summed E-state index contributed by atoms with van der Waals surface area (Å²) in [5.41, 5.74) is 3.51. The molecule has 0 radical (unpaired) electrons. The molecule has 4 aromatic rings. The first-order chi connectivity index (χ1) is 16.7. The maximum absolute atomic E-state index is 12.1. The smallest absolute Gasteiger partial charge is 0.246 e. The van der Waals surface area contributed by atoms with Gasteiger partial charge < -0.3 is 15.0 Å². The van der Waals surface area contributed by atoms with Crippen LogP contribution in [0.25, 0.3) is 10.2 Å². The van der Waals surface area contributed by atoms with Gasteiger partial charge in [-0.25, -0.2) is 9.97 Å². The van der Waals surface area contributed by atoms with E-state index < -0.39 is 0 Å². The van der Waals surface area contributed by atoms with Gasteiger partial charge in [-0.3, -0.25) is 4.79 Å². The molecule has 6 nitrogen and oxygen atoms in total. The van der Waals surface area contributed by atoms with Crippen molar-refractivity contribution in [3.8, 4) is 0 Å². The van der Waals surface area contributed by atoms with Crippen molar-refractivity contribution in [1.29, 1.82) is 0 Å². The van der Waals surface area contributed by atoms with Crippen LogP contribution in [-0.2, 0) is 29.1 Å². The highest BCUT2D eigenvalue weighted by atomic mass is 32.1. The molecule has 3 heterocycles. The van der Waals surface area contributed by atoms with Crippen molar-refractivity contribution < 1.29 is 9.53 Å². The number of thiophene rings is 1. The molecular weight excluding hydrogens is 444 g/mol. The van der Waals surface area contributed by atoms with Gasteiger partial charge in [0.1, 0.15) is 17.0 Å². The maximum atomic E-state index is 12.1. The first-order valence-corrected chi connectivity index (χ1v) is 12.1. The lowest BCUT2D eigenvalue weighted by molar-refractivity contribution is -0.126. The highest BCUT2D eigenvalue weighted by Gasteiger charge is 2.26. The molecule has 2 aromatic carbocycles. The second-order valence-corrected chi connectivity index (χ2v) is 9.31. The molecule has 0 aliphatic carbocycles. The molecule has 0 saturated carbocycles. The number of amides is 1. The van der Waals surface area contributed by atoms with E-state index in [-0.39, 0.29) is 11.9 Å². The van der Waals surface area contributed by atoms with Crippen molar-refractivity contribution in [3.05, 3.63) is 101 Å². The summed E-state index contributed by atoms with van der Waals surface area (Å²) in [5, 5.41) is 4.69. The molecule has 5 rings (SSSR count). The topological polar surface area (TPSA) is 67.4 Å². The molecule has 2 aromatic heterocycles. The number of aromatic nitrogens is 2. The van der Waals surface area contributed by atoms with Crippen LogP contribution in [0.4, 0.5) is 5.82 Å². The number of fused-ring (bicyclic) bond motifs is 3. The van der Waals surface area contributed by atoms with E-state index in [4.69, 9.17) is 4.74 Å². The largest absolute Gasteiger partial charge is 0.374 e. The second-order valence-electron chi connectivity index (χ2n) is 8.23. The van der Waals surface area contributed by atoms with Crippen molar-refractivity contribution in [2.45, 2.75) is 25.6 Å². The summed E-state index contributed by atoms with van der Waals surface area (Å²) in [6.45, 7) is 5.92. The van der Waals surface area contributed by atoms with Crippen LogP contribution < -0.4 is 5.32 Å². The molecule has 0 spiro atoms. The number of hydrogen-bond donors (Lipinski definition) is 1. The van der Waals surface area contributed by atoms with Gasteiger partial charge in [0.15, 0.2) is 0 Å². The standard InChI is InChI=1S/C27H26N4O2S/c1-2-24(32)31-14-13-21-23(15-31)34-27-25(21)26(28-18-29-27)30-22(20-11-7-4-8-12-20)17-33-16-19-9-5-3-6-10-19/h2-12,18,22H,1,13-17H2,(H,28,29,30)/t22-/m1/s1. The fourth-order valence-corrected chi connectivity index (χ4v) is 5.50. The van der Waals surface area contributed by atoms with Gasteiger partial charge in [-0.1, -0.05) is 67.2 Å². The van der Waals surface area contributed by atoms with Gasteiger partial charge in [0, 0.05) is 11.4 Å². The summed E-state index contributed by atoms with van der Waals surface area (Å²) >= 11 is 1.63. The van der Waals surface area contributed by atoms with Crippen LogP contribution in [0.3, 0.4) is 0 Å². The van der Waals surface area contributed by atoms with E-state index in [0.717, 1.165) is 38.5 Å². The molecule has 1 atom stereocenters. The van der Waals surface area contributed by atoms with Crippen molar-refractivity contribution in [2.75, 3.05) is 18.5 Å². The average molecular weight is 471 g/mol. The zero-order valence-electron chi connectivity index (χ0n) is 18.8. The molecule has 0 unspecified atom stereocenters. The van der Waals surface area contributed by atoms with Crippen molar-refractivity contribution in [2.24, 2.45) is 0 Å². The Hall–Kier alpha value is -3.55. The minimum absolute atomic E-state index is 0.0350. The monoisotopic (exact) mass is 470 g/mol. The lowest BCUT2D eigenvalue weighted by atomic mass is 10.0. The molecule has 0 saturated heterocycles. The Morgan fingerprint density at radius 2 is 1.91 bits per heavy atom. The number of ether oxygens (including phenoxy) is 1. The third-order valence-corrected chi connectivity index (χ3v) is 7.16. The van der Waals surface area contributed by atoms with Gasteiger partial charge in [-0.05, 0) is 29.2 Å². The highest BCUT2D eigenvalue weighted by Crippen LogP contribution is 2.38. The van der Waals surface area contributed by atoms with Crippen molar-refractivity contribution >= 4 is 33.3 Å². The summed E-state index contributed by atoms with van der Waals surface area (Å²) in [6, 6.07) is 20.4. The van der Waals surface area contributed by atoms with E-state index >= 15 is 0 Å². The lowest BCUT2D eigenvalue weighted by Gasteiger charge is -2.26. The van der Waals surface area contributed by atoms with Crippen LogP contribution in [0, 0.1) is 0 Å². The Morgan fingerprint density at radius 1 is 1.15 bits per heavy atom. The Balaban J connectivity index is 1.41. The van der Waals surface area contributed by atoms with Crippen LogP contribution in [0.15, 0.2) is 79.6 Å². The quantitative estimate of drug-likeness (QED) is 0.362. The first-order valence-electron chi connectivity index (χ1n) is 11.3. The number of anilines is 1. The van der Waals surface area contributed by atoms with Gasteiger partial charge in [-0.2, -0.15) is 0 Å².